The average molecular weight is 200 g/mol. The highest BCUT2D eigenvalue weighted by molar-refractivity contribution is 5.86. The zero-order chi connectivity index (χ0) is 10.8. The molecule has 0 aliphatic rings. The van der Waals surface area contributed by atoms with Gasteiger partial charge in [-0.3, -0.25) is 4.79 Å². The van der Waals surface area contributed by atoms with Crippen LogP contribution in [0.3, 0.4) is 0 Å². The van der Waals surface area contributed by atoms with Crippen molar-refractivity contribution in [1.82, 2.24) is 0 Å². The SMILES string of the molecule is CC(=O)[n+]1cccc2cc(C=O)ccc21. The number of hydrogen-bond acceptors (Lipinski definition) is 2. The number of pyridine rings is 1. The topological polar surface area (TPSA) is 38.0 Å². The van der Waals surface area contributed by atoms with E-state index in [2.05, 4.69) is 0 Å². The van der Waals surface area contributed by atoms with Crippen molar-refractivity contribution in [3.63, 3.8) is 0 Å². The van der Waals surface area contributed by atoms with Gasteiger partial charge < -0.3 is 0 Å². The first-order chi connectivity index (χ1) is 7.22. The van der Waals surface area contributed by atoms with Gasteiger partial charge in [-0.15, -0.1) is 4.57 Å². The maximum atomic E-state index is 11.3. The zero-order valence-electron chi connectivity index (χ0n) is 8.31. The first-order valence-electron chi connectivity index (χ1n) is 4.63. The van der Waals surface area contributed by atoms with Gasteiger partial charge in [0.2, 0.25) is 5.52 Å². The molecule has 0 spiro atoms. The van der Waals surface area contributed by atoms with Gasteiger partial charge in [0.05, 0.1) is 6.92 Å². The summed E-state index contributed by atoms with van der Waals surface area (Å²) in [6.07, 6.45) is 2.51. The summed E-state index contributed by atoms with van der Waals surface area (Å²) >= 11 is 0. The van der Waals surface area contributed by atoms with Crippen LogP contribution in [0.15, 0.2) is 36.5 Å². The van der Waals surface area contributed by atoms with Crippen LogP contribution in [-0.2, 0) is 0 Å². The van der Waals surface area contributed by atoms with Crippen LogP contribution in [0.4, 0.5) is 0 Å². The molecular weight excluding hydrogens is 190 g/mol. The van der Waals surface area contributed by atoms with E-state index in [-0.39, 0.29) is 5.91 Å². The third-order valence-corrected chi connectivity index (χ3v) is 2.30. The van der Waals surface area contributed by atoms with Gasteiger partial charge in [-0.05, 0) is 18.2 Å². The standard InChI is InChI=1S/C12H10NO2/c1-9(15)13-6-2-3-11-7-10(8-14)4-5-12(11)13/h2-8H,1H3/q+1. The predicted molar refractivity (Wildman–Crippen MR) is 55.8 cm³/mol. The van der Waals surface area contributed by atoms with Crippen molar-refractivity contribution in [2.24, 2.45) is 0 Å². The molecule has 0 aliphatic carbocycles. The van der Waals surface area contributed by atoms with E-state index in [0.29, 0.717) is 5.56 Å². The Balaban J connectivity index is 2.77. The summed E-state index contributed by atoms with van der Waals surface area (Å²) < 4.78 is 1.56. The minimum absolute atomic E-state index is 0.0422. The van der Waals surface area contributed by atoms with E-state index in [4.69, 9.17) is 0 Å². The van der Waals surface area contributed by atoms with Crippen LogP contribution in [0.2, 0.25) is 0 Å². The van der Waals surface area contributed by atoms with E-state index >= 15 is 0 Å². The third kappa shape index (κ3) is 1.64. The number of fused-ring (bicyclic) bond motifs is 1. The van der Waals surface area contributed by atoms with Gasteiger partial charge in [0.1, 0.15) is 6.29 Å². The fourth-order valence-electron chi connectivity index (χ4n) is 1.59. The lowest BCUT2D eigenvalue weighted by Crippen LogP contribution is -2.40. The highest BCUT2D eigenvalue weighted by Crippen LogP contribution is 2.10. The van der Waals surface area contributed by atoms with Gasteiger partial charge in [0.15, 0.2) is 6.20 Å². The Bertz CT molecular complexity index is 546. The molecule has 0 saturated heterocycles. The van der Waals surface area contributed by atoms with E-state index in [1.807, 2.05) is 6.07 Å². The minimum atomic E-state index is -0.0422. The van der Waals surface area contributed by atoms with Gasteiger partial charge in [0, 0.05) is 23.1 Å². The Morgan fingerprint density at radius 1 is 1.33 bits per heavy atom. The number of nitrogens with zero attached hydrogens (tertiary/aromatic N) is 1. The van der Waals surface area contributed by atoms with Crippen molar-refractivity contribution in [1.29, 1.82) is 0 Å². The Morgan fingerprint density at radius 3 is 2.80 bits per heavy atom. The molecule has 0 aliphatic heterocycles. The Hall–Kier alpha value is -2.03. The smallest absolute Gasteiger partial charge is 0.298 e. The van der Waals surface area contributed by atoms with Crippen molar-refractivity contribution in [3.05, 3.63) is 42.1 Å². The molecule has 2 aromatic rings. The van der Waals surface area contributed by atoms with Gasteiger partial charge >= 0.3 is 5.91 Å². The monoisotopic (exact) mass is 200 g/mol. The van der Waals surface area contributed by atoms with E-state index in [1.54, 1.807) is 35.0 Å². The fourth-order valence-corrected chi connectivity index (χ4v) is 1.59. The number of rotatable bonds is 1. The third-order valence-electron chi connectivity index (χ3n) is 2.30. The van der Waals surface area contributed by atoms with Gasteiger partial charge in [0.25, 0.3) is 0 Å². The zero-order valence-corrected chi connectivity index (χ0v) is 8.31. The first-order valence-corrected chi connectivity index (χ1v) is 4.63. The number of hydrogen-bond donors (Lipinski definition) is 0. The van der Waals surface area contributed by atoms with E-state index in [9.17, 15) is 9.59 Å². The molecule has 15 heavy (non-hydrogen) atoms. The summed E-state index contributed by atoms with van der Waals surface area (Å²) in [5.41, 5.74) is 1.43. The quantitative estimate of drug-likeness (QED) is 0.518. The summed E-state index contributed by atoms with van der Waals surface area (Å²) in [7, 11) is 0. The summed E-state index contributed by atoms with van der Waals surface area (Å²) in [5, 5.41) is 0.886. The van der Waals surface area contributed by atoms with Crippen LogP contribution < -0.4 is 4.57 Å². The number of benzene rings is 1. The molecule has 0 bridgehead atoms. The molecule has 0 amide bonds. The van der Waals surface area contributed by atoms with Crippen molar-refractivity contribution in [2.45, 2.75) is 6.92 Å². The van der Waals surface area contributed by atoms with Gasteiger partial charge in [-0.1, -0.05) is 0 Å². The second-order valence-electron chi connectivity index (χ2n) is 3.33. The minimum Gasteiger partial charge on any atom is -0.298 e. The molecule has 1 heterocycles. The van der Waals surface area contributed by atoms with Crippen molar-refractivity contribution < 1.29 is 14.2 Å². The maximum absolute atomic E-state index is 11.3. The second kappa shape index (κ2) is 3.61. The van der Waals surface area contributed by atoms with E-state index in [1.165, 1.54) is 6.92 Å². The highest BCUT2D eigenvalue weighted by atomic mass is 16.1. The van der Waals surface area contributed by atoms with Crippen LogP contribution in [0.1, 0.15) is 22.1 Å². The van der Waals surface area contributed by atoms with Crippen LogP contribution in [0.5, 0.6) is 0 Å². The van der Waals surface area contributed by atoms with E-state index in [0.717, 1.165) is 17.2 Å². The Morgan fingerprint density at radius 2 is 2.13 bits per heavy atom. The molecule has 0 fully saturated rings. The molecule has 3 nitrogen and oxygen atoms in total. The lowest BCUT2D eigenvalue weighted by atomic mass is 10.1. The van der Waals surface area contributed by atoms with Crippen molar-refractivity contribution in [2.75, 3.05) is 0 Å². The van der Waals surface area contributed by atoms with E-state index < -0.39 is 0 Å². The summed E-state index contributed by atoms with van der Waals surface area (Å²) in [6.45, 7) is 1.51. The molecule has 3 heteroatoms. The second-order valence-corrected chi connectivity index (χ2v) is 3.33. The molecule has 0 unspecified atom stereocenters. The maximum Gasteiger partial charge on any atom is 0.389 e. The molecular formula is C12H10NO2+. The van der Waals surface area contributed by atoms with Crippen molar-refractivity contribution >= 4 is 23.1 Å². The predicted octanol–water partition coefficient (Wildman–Crippen LogP) is 1.60. The largest absolute Gasteiger partial charge is 0.389 e. The molecule has 2 rings (SSSR count). The van der Waals surface area contributed by atoms with Crippen LogP contribution in [-0.4, -0.2) is 12.2 Å². The number of carbonyl (C=O) groups excluding carboxylic acids is 2. The normalized spacial score (nSPS) is 10.2. The van der Waals surface area contributed by atoms with Crippen LogP contribution in [0.25, 0.3) is 10.9 Å². The van der Waals surface area contributed by atoms with Gasteiger partial charge in [-0.25, -0.2) is 4.79 Å². The first kappa shape index (κ1) is 9.52. The highest BCUT2D eigenvalue weighted by Gasteiger charge is 2.12. The van der Waals surface area contributed by atoms with Crippen LogP contribution in [0, 0.1) is 0 Å². The lowest BCUT2D eigenvalue weighted by molar-refractivity contribution is -0.544. The molecule has 0 atom stereocenters. The molecule has 1 aromatic heterocycles. The summed E-state index contributed by atoms with van der Waals surface area (Å²) in [4.78, 5) is 21.9. The van der Waals surface area contributed by atoms with Gasteiger partial charge in [-0.2, -0.15) is 0 Å². The lowest BCUT2D eigenvalue weighted by Gasteiger charge is -1.97. The van der Waals surface area contributed by atoms with Crippen LogP contribution >= 0.6 is 0 Å². The molecule has 74 valence electrons. The summed E-state index contributed by atoms with van der Waals surface area (Å²) in [6, 6.07) is 8.91. The Kier molecular flexibility index (Phi) is 2.29. The molecule has 1 aromatic carbocycles. The summed E-state index contributed by atoms with van der Waals surface area (Å²) in [5.74, 6) is -0.0422. The fraction of sp³-hybridized carbons (Fsp3) is 0.0833. The average Bonchev–Trinajstić information content (AvgIpc) is 2.27. The molecule has 0 saturated carbocycles. The number of carbonyl (C=O) groups is 2. The Labute approximate surface area is 87.0 Å². The number of aromatic nitrogens is 1. The number of aldehydes is 1. The molecule has 0 radical (unpaired) electrons. The van der Waals surface area contributed by atoms with Crippen molar-refractivity contribution in [3.8, 4) is 0 Å². The molecule has 0 N–H and O–H groups in total.